The van der Waals surface area contributed by atoms with Crippen molar-refractivity contribution in [1.29, 1.82) is 0 Å². The van der Waals surface area contributed by atoms with Crippen molar-refractivity contribution in [3.63, 3.8) is 0 Å². The van der Waals surface area contributed by atoms with Crippen LogP contribution in [-0.2, 0) is 9.59 Å². The first kappa shape index (κ1) is 21.5. The lowest BCUT2D eigenvalue weighted by molar-refractivity contribution is -0.132. The predicted octanol–water partition coefficient (Wildman–Crippen LogP) is 6.05. The SMILES string of the molecule is Cc1cccc(C2/C(=C(/O)c3cccc4ccccc34)C(=O)C(=O)N2c2cc(F)ccc2F)c1. The quantitative estimate of drug-likeness (QED) is 0.232. The van der Waals surface area contributed by atoms with Gasteiger partial charge in [0, 0.05) is 11.6 Å². The molecule has 1 aliphatic rings. The van der Waals surface area contributed by atoms with E-state index in [1.54, 1.807) is 42.5 Å². The Morgan fingerprint density at radius 3 is 2.41 bits per heavy atom. The lowest BCUT2D eigenvalue weighted by Crippen LogP contribution is -2.30. The van der Waals surface area contributed by atoms with Crippen LogP contribution < -0.4 is 4.90 Å². The molecule has 5 rings (SSSR count). The summed E-state index contributed by atoms with van der Waals surface area (Å²) in [7, 11) is 0. The van der Waals surface area contributed by atoms with Crippen molar-refractivity contribution in [2.45, 2.75) is 13.0 Å². The first-order valence-electron chi connectivity index (χ1n) is 10.7. The number of carbonyl (C=O) groups excluding carboxylic acids is 2. The van der Waals surface area contributed by atoms with Gasteiger partial charge in [-0.3, -0.25) is 14.5 Å². The molecule has 1 N–H and O–H groups in total. The number of amides is 1. The highest BCUT2D eigenvalue weighted by Crippen LogP contribution is 2.43. The molecule has 1 saturated heterocycles. The summed E-state index contributed by atoms with van der Waals surface area (Å²) in [5.74, 6) is -4.00. The second-order valence-corrected chi connectivity index (χ2v) is 8.21. The molecule has 6 heteroatoms. The minimum atomic E-state index is -1.14. The molecule has 1 amide bonds. The number of fused-ring (bicyclic) bond motifs is 1. The van der Waals surface area contributed by atoms with Crippen LogP contribution >= 0.6 is 0 Å². The summed E-state index contributed by atoms with van der Waals surface area (Å²) in [4.78, 5) is 27.4. The third-order valence-corrected chi connectivity index (χ3v) is 6.01. The van der Waals surface area contributed by atoms with Crippen LogP contribution in [0.4, 0.5) is 14.5 Å². The maximum absolute atomic E-state index is 14.8. The fraction of sp³-hybridized carbons (Fsp3) is 0.0714. The van der Waals surface area contributed by atoms with Crippen molar-refractivity contribution in [3.05, 3.63) is 119 Å². The van der Waals surface area contributed by atoms with Gasteiger partial charge in [-0.1, -0.05) is 72.3 Å². The number of hydrogen-bond donors (Lipinski definition) is 1. The van der Waals surface area contributed by atoms with Gasteiger partial charge in [-0.15, -0.1) is 0 Å². The van der Waals surface area contributed by atoms with E-state index in [1.165, 1.54) is 0 Å². The Morgan fingerprint density at radius 1 is 0.882 bits per heavy atom. The highest BCUT2D eigenvalue weighted by molar-refractivity contribution is 6.51. The van der Waals surface area contributed by atoms with Gasteiger partial charge in [0.2, 0.25) is 0 Å². The zero-order valence-electron chi connectivity index (χ0n) is 18.1. The van der Waals surface area contributed by atoms with Crippen LogP contribution in [0.5, 0.6) is 0 Å². The van der Waals surface area contributed by atoms with Crippen molar-refractivity contribution in [1.82, 2.24) is 0 Å². The van der Waals surface area contributed by atoms with Crippen LogP contribution in [-0.4, -0.2) is 16.8 Å². The van der Waals surface area contributed by atoms with Crippen LogP contribution in [0.2, 0.25) is 0 Å². The molecule has 0 radical (unpaired) electrons. The number of carbonyl (C=O) groups is 2. The van der Waals surface area contributed by atoms with Crippen LogP contribution in [0, 0.1) is 18.6 Å². The minimum Gasteiger partial charge on any atom is -0.507 e. The Labute approximate surface area is 194 Å². The molecule has 1 unspecified atom stereocenters. The van der Waals surface area contributed by atoms with E-state index < -0.39 is 29.4 Å². The second-order valence-electron chi connectivity index (χ2n) is 8.21. The summed E-state index contributed by atoms with van der Waals surface area (Å²) >= 11 is 0. The van der Waals surface area contributed by atoms with E-state index in [4.69, 9.17) is 0 Å². The van der Waals surface area contributed by atoms with Crippen LogP contribution in [0.15, 0.2) is 90.5 Å². The second kappa shape index (κ2) is 8.23. The minimum absolute atomic E-state index is 0.185. The summed E-state index contributed by atoms with van der Waals surface area (Å²) < 4.78 is 28.9. The van der Waals surface area contributed by atoms with E-state index in [0.29, 0.717) is 16.5 Å². The summed E-state index contributed by atoms with van der Waals surface area (Å²) in [6.07, 6.45) is 0. The Morgan fingerprint density at radius 2 is 1.62 bits per heavy atom. The molecule has 0 bridgehead atoms. The molecule has 4 nitrogen and oxygen atoms in total. The monoisotopic (exact) mass is 455 g/mol. The molecular formula is C28H19F2NO3. The van der Waals surface area contributed by atoms with Gasteiger partial charge >= 0.3 is 0 Å². The molecule has 0 aliphatic carbocycles. The number of rotatable bonds is 3. The fourth-order valence-corrected chi connectivity index (χ4v) is 4.48. The van der Waals surface area contributed by atoms with Crippen molar-refractivity contribution in [2.75, 3.05) is 4.90 Å². The highest BCUT2D eigenvalue weighted by Gasteiger charge is 2.48. The predicted molar refractivity (Wildman–Crippen MR) is 126 cm³/mol. The zero-order valence-corrected chi connectivity index (χ0v) is 18.1. The molecule has 1 heterocycles. The third-order valence-electron chi connectivity index (χ3n) is 6.01. The number of benzene rings is 4. The largest absolute Gasteiger partial charge is 0.507 e. The van der Waals surface area contributed by atoms with Crippen LogP contribution in [0.25, 0.3) is 16.5 Å². The molecule has 4 aromatic carbocycles. The van der Waals surface area contributed by atoms with Crippen molar-refractivity contribution >= 4 is 33.9 Å². The lowest BCUT2D eigenvalue weighted by Gasteiger charge is -2.26. The molecule has 34 heavy (non-hydrogen) atoms. The molecule has 1 aliphatic heterocycles. The molecule has 168 valence electrons. The first-order chi connectivity index (χ1) is 16.4. The number of hydrogen-bond acceptors (Lipinski definition) is 3. The van der Waals surface area contributed by atoms with Gasteiger partial charge in [-0.05, 0) is 35.4 Å². The maximum Gasteiger partial charge on any atom is 0.300 e. The number of halogens is 2. The van der Waals surface area contributed by atoms with E-state index in [2.05, 4.69) is 0 Å². The topological polar surface area (TPSA) is 57.6 Å². The molecule has 0 spiro atoms. The number of aryl methyl sites for hydroxylation is 1. The number of aliphatic hydroxyl groups excluding tert-OH is 1. The van der Waals surface area contributed by atoms with E-state index in [9.17, 15) is 23.5 Å². The van der Waals surface area contributed by atoms with Crippen molar-refractivity contribution in [2.24, 2.45) is 0 Å². The molecule has 1 fully saturated rings. The molecule has 1 atom stereocenters. The van der Waals surface area contributed by atoms with Crippen molar-refractivity contribution in [3.8, 4) is 0 Å². The van der Waals surface area contributed by atoms with E-state index >= 15 is 0 Å². The Bertz CT molecular complexity index is 1500. The van der Waals surface area contributed by atoms with E-state index in [-0.39, 0.29) is 17.0 Å². The third kappa shape index (κ3) is 3.44. The number of aliphatic hydroxyl groups is 1. The number of anilines is 1. The van der Waals surface area contributed by atoms with Crippen LogP contribution in [0.1, 0.15) is 22.7 Å². The summed E-state index contributed by atoms with van der Waals surface area (Å²) in [6.45, 7) is 1.84. The first-order valence-corrected chi connectivity index (χ1v) is 10.7. The van der Waals surface area contributed by atoms with E-state index in [0.717, 1.165) is 34.0 Å². The average Bonchev–Trinajstić information content (AvgIpc) is 3.10. The summed E-state index contributed by atoms with van der Waals surface area (Å²) in [5.41, 5.74) is 1.15. The molecular weight excluding hydrogens is 436 g/mol. The Balaban J connectivity index is 1.81. The normalized spacial score (nSPS) is 17.5. The average molecular weight is 455 g/mol. The van der Waals surface area contributed by atoms with Gasteiger partial charge in [-0.25, -0.2) is 8.78 Å². The fourth-order valence-electron chi connectivity index (χ4n) is 4.48. The van der Waals surface area contributed by atoms with Gasteiger partial charge in [0.25, 0.3) is 11.7 Å². The summed E-state index contributed by atoms with van der Waals surface area (Å²) in [6, 6.07) is 21.2. The molecule has 4 aromatic rings. The van der Waals surface area contributed by atoms with E-state index in [1.807, 2.05) is 31.2 Å². The van der Waals surface area contributed by atoms with Gasteiger partial charge < -0.3 is 5.11 Å². The lowest BCUT2D eigenvalue weighted by atomic mass is 9.92. The number of ketones is 1. The van der Waals surface area contributed by atoms with Crippen molar-refractivity contribution < 1.29 is 23.5 Å². The Hall–Kier alpha value is -4.32. The van der Waals surface area contributed by atoms with Crippen LogP contribution in [0.3, 0.4) is 0 Å². The van der Waals surface area contributed by atoms with Gasteiger partial charge in [-0.2, -0.15) is 0 Å². The molecule has 0 saturated carbocycles. The maximum atomic E-state index is 14.8. The number of Topliss-reactive ketones (excluding diaryl/α,β-unsaturated/α-hetero) is 1. The standard InChI is InChI=1S/C28H19F2NO3/c1-16-6-4-9-18(14-16)25-24(26(32)21-11-5-8-17-7-2-3-10-20(17)21)27(33)28(34)31(25)23-15-19(29)12-13-22(23)30/h2-15,25,32H,1H3/b26-24-. The zero-order chi connectivity index (χ0) is 24.0. The Kier molecular flexibility index (Phi) is 5.21. The van der Waals surface area contributed by atoms with Gasteiger partial charge in [0.15, 0.2) is 0 Å². The summed E-state index contributed by atoms with van der Waals surface area (Å²) in [5, 5.41) is 12.9. The van der Waals surface area contributed by atoms with Gasteiger partial charge in [0.05, 0.1) is 17.3 Å². The molecule has 0 aromatic heterocycles. The highest BCUT2D eigenvalue weighted by atomic mass is 19.1. The number of nitrogens with zero attached hydrogens (tertiary/aromatic N) is 1. The smallest absolute Gasteiger partial charge is 0.300 e. The van der Waals surface area contributed by atoms with Gasteiger partial charge in [0.1, 0.15) is 17.4 Å².